The first-order valence-corrected chi connectivity index (χ1v) is 13.9. The molecule has 34 heavy (non-hydrogen) atoms. The molecule has 7 heteroatoms. The number of carbonyl (C=O) groups is 1. The lowest BCUT2D eigenvalue weighted by Gasteiger charge is -2.63. The highest BCUT2D eigenvalue weighted by molar-refractivity contribution is 5.73. The third-order valence-electron chi connectivity index (χ3n) is 11.3. The first-order chi connectivity index (χ1) is 16.3. The predicted octanol–water partition coefficient (Wildman–Crippen LogP) is 3.90. The van der Waals surface area contributed by atoms with Gasteiger partial charge in [-0.25, -0.2) is 10.2 Å². The van der Waals surface area contributed by atoms with Gasteiger partial charge in [-0.15, -0.1) is 0 Å². The lowest BCUT2D eigenvalue weighted by molar-refractivity contribution is -0.207. The lowest BCUT2D eigenvalue weighted by atomic mass is 9.43. The molecule has 4 saturated carbocycles. The fraction of sp³-hybridized carbons (Fsp3) is 0.926. The zero-order valence-corrected chi connectivity index (χ0v) is 21.3. The summed E-state index contributed by atoms with van der Waals surface area (Å²) in [5, 5.41) is 16.3. The Hall–Kier alpha value is -1.18. The molecule has 2 amide bonds. The number of likely N-dealkylation sites (tertiary alicyclic amines) is 1. The van der Waals surface area contributed by atoms with Gasteiger partial charge in [0.2, 0.25) is 0 Å². The number of amides is 2. The van der Waals surface area contributed by atoms with E-state index in [0.717, 1.165) is 38.8 Å². The quantitative estimate of drug-likeness (QED) is 0.402. The van der Waals surface area contributed by atoms with Gasteiger partial charge in [-0.3, -0.25) is 0 Å². The molecule has 0 unspecified atom stereocenters. The van der Waals surface area contributed by atoms with Crippen molar-refractivity contribution >= 4 is 12.2 Å². The standard InChI is InChI=1S/C27H46N4O3/c1-25-10-8-21(34-16-15-31-13-3-4-14-31)17-19(25)5-6-23-22(25)9-11-26(2)20(7-12-27(23,26)33)18-29-30-24(28)32/h18-23,33H,3-17H2,1-2H3,(H3,28,30,32)/b29-18+/t19-,20-,21+,22+,23-,25+,26-,27+/m1/s1. The SMILES string of the molecule is C[C@]12CC[C@H](OCCN3CCCC3)C[C@H]1CC[C@@H]1[C@@H]2CC[C@]2(C)[C@@H](/C=N/NC(N)=O)CC[C@]12O. The van der Waals surface area contributed by atoms with Gasteiger partial charge in [0, 0.05) is 24.1 Å². The molecular formula is C27H46N4O3. The monoisotopic (exact) mass is 474 g/mol. The van der Waals surface area contributed by atoms with Crippen LogP contribution in [0.1, 0.15) is 84.5 Å². The summed E-state index contributed by atoms with van der Waals surface area (Å²) in [6, 6.07) is -0.639. The number of primary amides is 1. The minimum Gasteiger partial charge on any atom is -0.389 e. The molecule has 0 aromatic rings. The summed E-state index contributed by atoms with van der Waals surface area (Å²) in [6.07, 6.45) is 14.8. The largest absolute Gasteiger partial charge is 0.389 e. The zero-order valence-electron chi connectivity index (χ0n) is 21.3. The Morgan fingerprint density at radius 2 is 1.91 bits per heavy atom. The fourth-order valence-corrected chi connectivity index (χ4v) is 9.16. The highest BCUT2D eigenvalue weighted by Gasteiger charge is 2.66. The highest BCUT2D eigenvalue weighted by Crippen LogP contribution is 2.68. The van der Waals surface area contributed by atoms with Crippen molar-refractivity contribution in [2.24, 2.45) is 45.3 Å². The molecule has 0 aromatic carbocycles. The summed E-state index contributed by atoms with van der Waals surface area (Å²) in [5.41, 5.74) is 7.00. The Morgan fingerprint density at radius 3 is 2.68 bits per heavy atom. The molecule has 5 rings (SSSR count). The number of nitrogens with two attached hydrogens (primary N) is 1. The first-order valence-electron chi connectivity index (χ1n) is 13.9. The van der Waals surface area contributed by atoms with Crippen LogP contribution in [0.3, 0.4) is 0 Å². The number of hydrazone groups is 1. The topological polar surface area (TPSA) is 100 Å². The van der Waals surface area contributed by atoms with E-state index in [4.69, 9.17) is 10.5 Å². The van der Waals surface area contributed by atoms with Crippen LogP contribution in [-0.4, -0.2) is 60.2 Å². The molecule has 8 atom stereocenters. The number of carbonyl (C=O) groups excluding carboxylic acids is 1. The van der Waals surface area contributed by atoms with E-state index in [1.54, 1.807) is 0 Å². The Balaban J connectivity index is 1.23. The second-order valence-electron chi connectivity index (χ2n) is 12.6. The van der Waals surface area contributed by atoms with E-state index in [2.05, 4.69) is 29.3 Å². The van der Waals surface area contributed by atoms with Crippen molar-refractivity contribution in [3.63, 3.8) is 0 Å². The molecule has 0 radical (unpaired) electrons. The summed E-state index contributed by atoms with van der Waals surface area (Å²) < 4.78 is 6.40. The van der Waals surface area contributed by atoms with Crippen LogP contribution in [0.25, 0.3) is 0 Å². The predicted molar refractivity (Wildman–Crippen MR) is 133 cm³/mol. The second kappa shape index (κ2) is 9.36. The van der Waals surface area contributed by atoms with Crippen molar-refractivity contribution in [2.75, 3.05) is 26.2 Å². The number of fused-ring (bicyclic) bond motifs is 5. The van der Waals surface area contributed by atoms with E-state index >= 15 is 0 Å². The third-order valence-corrected chi connectivity index (χ3v) is 11.3. The van der Waals surface area contributed by atoms with Crippen LogP contribution in [0.5, 0.6) is 0 Å². The van der Waals surface area contributed by atoms with Crippen LogP contribution in [0.4, 0.5) is 4.79 Å². The number of nitrogens with zero attached hydrogens (tertiary/aromatic N) is 2. The van der Waals surface area contributed by atoms with Crippen molar-refractivity contribution in [2.45, 2.75) is 96.2 Å². The average Bonchev–Trinajstić information content (AvgIpc) is 3.40. The van der Waals surface area contributed by atoms with Gasteiger partial charge < -0.3 is 20.5 Å². The molecular weight excluding hydrogens is 428 g/mol. The number of rotatable bonds is 6. The van der Waals surface area contributed by atoms with Crippen molar-refractivity contribution in [3.8, 4) is 0 Å². The van der Waals surface area contributed by atoms with Gasteiger partial charge in [-0.1, -0.05) is 13.8 Å². The Labute approximate surface area is 205 Å². The highest BCUT2D eigenvalue weighted by atomic mass is 16.5. The van der Waals surface area contributed by atoms with Gasteiger partial charge in [-0.05, 0) is 107 Å². The maximum Gasteiger partial charge on any atom is 0.332 e. The van der Waals surface area contributed by atoms with E-state index < -0.39 is 11.6 Å². The zero-order chi connectivity index (χ0) is 24.0. The van der Waals surface area contributed by atoms with Crippen molar-refractivity contribution < 1.29 is 14.6 Å². The fourth-order valence-electron chi connectivity index (χ4n) is 9.16. The molecule has 0 aromatic heterocycles. The molecule has 1 saturated heterocycles. The molecule has 192 valence electrons. The summed E-state index contributed by atoms with van der Waals surface area (Å²) in [5.74, 6) is 1.85. The molecule has 1 aliphatic heterocycles. The Kier molecular flexibility index (Phi) is 6.75. The van der Waals surface area contributed by atoms with Crippen LogP contribution >= 0.6 is 0 Å². The van der Waals surface area contributed by atoms with Crippen LogP contribution in [0.15, 0.2) is 5.10 Å². The van der Waals surface area contributed by atoms with Crippen molar-refractivity contribution in [1.82, 2.24) is 10.3 Å². The van der Waals surface area contributed by atoms with Crippen LogP contribution in [0.2, 0.25) is 0 Å². The van der Waals surface area contributed by atoms with Crippen LogP contribution in [0, 0.1) is 34.5 Å². The Morgan fingerprint density at radius 1 is 1.12 bits per heavy atom. The molecule has 0 bridgehead atoms. The number of aliphatic hydroxyl groups is 1. The van der Waals surface area contributed by atoms with Gasteiger partial charge in [0.15, 0.2) is 0 Å². The summed E-state index contributed by atoms with van der Waals surface area (Å²) in [6.45, 7) is 9.25. The number of ether oxygens (including phenoxy) is 1. The van der Waals surface area contributed by atoms with Gasteiger partial charge in [-0.2, -0.15) is 5.10 Å². The minimum atomic E-state index is -0.642. The van der Waals surface area contributed by atoms with E-state index in [9.17, 15) is 9.90 Å². The molecule has 7 nitrogen and oxygen atoms in total. The number of hydrogen-bond donors (Lipinski definition) is 3. The van der Waals surface area contributed by atoms with Crippen LogP contribution in [-0.2, 0) is 4.74 Å². The molecule has 5 fully saturated rings. The number of hydrogen-bond acceptors (Lipinski definition) is 5. The lowest BCUT2D eigenvalue weighted by Crippen LogP contribution is -2.62. The van der Waals surface area contributed by atoms with Crippen molar-refractivity contribution in [3.05, 3.63) is 0 Å². The maximum absolute atomic E-state index is 12.2. The molecule has 4 N–H and O–H groups in total. The van der Waals surface area contributed by atoms with Gasteiger partial charge >= 0.3 is 6.03 Å². The summed E-state index contributed by atoms with van der Waals surface area (Å²) in [7, 11) is 0. The molecule has 5 aliphatic rings. The van der Waals surface area contributed by atoms with E-state index in [0.29, 0.717) is 29.3 Å². The summed E-state index contributed by atoms with van der Waals surface area (Å²) >= 11 is 0. The summed E-state index contributed by atoms with van der Waals surface area (Å²) in [4.78, 5) is 13.6. The Bertz CT molecular complexity index is 786. The van der Waals surface area contributed by atoms with E-state index in [-0.39, 0.29) is 11.3 Å². The third kappa shape index (κ3) is 4.09. The molecule has 0 spiro atoms. The van der Waals surface area contributed by atoms with E-state index in [1.165, 1.54) is 58.0 Å². The van der Waals surface area contributed by atoms with Gasteiger partial charge in [0.1, 0.15) is 0 Å². The first kappa shape index (κ1) is 24.5. The number of urea groups is 1. The second-order valence-corrected chi connectivity index (χ2v) is 12.6. The average molecular weight is 475 g/mol. The smallest absolute Gasteiger partial charge is 0.332 e. The molecule has 4 aliphatic carbocycles. The minimum absolute atomic E-state index is 0.176. The van der Waals surface area contributed by atoms with Crippen molar-refractivity contribution in [1.29, 1.82) is 0 Å². The van der Waals surface area contributed by atoms with Gasteiger partial charge in [0.05, 0.1) is 18.3 Å². The van der Waals surface area contributed by atoms with Gasteiger partial charge in [0.25, 0.3) is 0 Å². The normalized spacial score (nSPS) is 46.7. The van der Waals surface area contributed by atoms with E-state index in [1.807, 2.05) is 6.21 Å². The number of nitrogens with one attached hydrogen (secondary N) is 1. The van der Waals surface area contributed by atoms with Crippen LogP contribution < -0.4 is 11.2 Å². The molecule has 1 heterocycles. The maximum atomic E-state index is 12.2.